The topological polar surface area (TPSA) is 72.7 Å². The number of nitrogens with one attached hydrogen (secondary N) is 1. The Hall–Kier alpha value is -0.160. The lowest BCUT2D eigenvalue weighted by Gasteiger charge is -2.13. The molecule has 0 bridgehead atoms. The van der Waals surface area contributed by atoms with E-state index in [0.717, 1.165) is 0 Å². The van der Waals surface area contributed by atoms with E-state index in [9.17, 15) is 10.2 Å². The first-order chi connectivity index (χ1) is 5.16. The van der Waals surface area contributed by atoms with Crippen LogP contribution < -0.4 is 5.32 Å². The van der Waals surface area contributed by atoms with Crippen LogP contribution in [-0.4, -0.2) is 46.2 Å². The van der Waals surface area contributed by atoms with Gasteiger partial charge in [-0.2, -0.15) is 0 Å². The largest absolute Gasteiger partial charge is 0.396 e. The fraction of sp³-hybridized carbons (Fsp3) is 1.00. The van der Waals surface area contributed by atoms with Gasteiger partial charge in [0, 0.05) is 18.7 Å². The van der Waals surface area contributed by atoms with Crippen LogP contribution in [-0.2, 0) is 0 Å². The zero-order chi connectivity index (χ0) is 8.43. The quantitative estimate of drug-likeness (QED) is 0.396. The van der Waals surface area contributed by atoms with Crippen LogP contribution in [0.2, 0.25) is 0 Å². The third kappa shape index (κ3) is 1.70. The molecule has 4 N–H and O–H groups in total. The molecule has 1 rings (SSSR count). The summed E-state index contributed by atoms with van der Waals surface area (Å²) in [5.41, 5.74) is 0. The Morgan fingerprint density at radius 1 is 1.27 bits per heavy atom. The van der Waals surface area contributed by atoms with E-state index in [2.05, 4.69) is 5.32 Å². The second-order valence-electron chi connectivity index (χ2n) is 3.06. The Morgan fingerprint density at radius 3 is 2.27 bits per heavy atom. The SMILES string of the molecule is C[C@@H]1N[C@@H](CCO)[C@H](O)[C@@H]1O. The van der Waals surface area contributed by atoms with Gasteiger partial charge in [0.25, 0.3) is 0 Å². The molecule has 0 radical (unpaired) electrons. The van der Waals surface area contributed by atoms with Crippen LogP contribution in [0.25, 0.3) is 0 Å². The van der Waals surface area contributed by atoms with Crippen LogP contribution in [0.5, 0.6) is 0 Å². The van der Waals surface area contributed by atoms with Crippen LogP contribution >= 0.6 is 0 Å². The van der Waals surface area contributed by atoms with Gasteiger partial charge in [-0.3, -0.25) is 0 Å². The highest BCUT2D eigenvalue weighted by atomic mass is 16.3. The summed E-state index contributed by atoms with van der Waals surface area (Å²) in [5, 5.41) is 30.2. The highest BCUT2D eigenvalue weighted by Crippen LogP contribution is 2.15. The molecule has 66 valence electrons. The Kier molecular flexibility index (Phi) is 2.84. The van der Waals surface area contributed by atoms with E-state index < -0.39 is 12.2 Å². The molecule has 4 heteroatoms. The molecular formula is C7H15NO3. The predicted octanol–water partition coefficient (Wildman–Crippen LogP) is -1.55. The van der Waals surface area contributed by atoms with Crippen molar-refractivity contribution in [3.8, 4) is 0 Å². The molecule has 1 saturated heterocycles. The summed E-state index contributed by atoms with van der Waals surface area (Å²) in [7, 11) is 0. The van der Waals surface area contributed by atoms with Crippen LogP contribution in [0.15, 0.2) is 0 Å². The van der Waals surface area contributed by atoms with Gasteiger partial charge in [0.1, 0.15) is 0 Å². The van der Waals surface area contributed by atoms with Crippen LogP contribution in [0.1, 0.15) is 13.3 Å². The Morgan fingerprint density at radius 2 is 1.91 bits per heavy atom. The second kappa shape index (κ2) is 3.49. The van der Waals surface area contributed by atoms with Crippen LogP contribution in [0.3, 0.4) is 0 Å². The van der Waals surface area contributed by atoms with Gasteiger partial charge in [0.2, 0.25) is 0 Å². The molecule has 4 nitrogen and oxygen atoms in total. The van der Waals surface area contributed by atoms with Gasteiger partial charge in [0.05, 0.1) is 12.2 Å². The minimum absolute atomic E-state index is 0.0359. The molecule has 11 heavy (non-hydrogen) atoms. The standard InChI is InChI=1S/C7H15NO3/c1-4-6(10)7(11)5(8-4)2-3-9/h4-11H,2-3H2,1H3/t4-,5-,6+,7-/m0/s1. The first kappa shape index (κ1) is 8.93. The summed E-state index contributed by atoms with van der Waals surface area (Å²) >= 11 is 0. The summed E-state index contributed by atoms with van der Waals surface area (Å²) in [6.45, 7) is 1.85. The zero-order valence-corrected chi connectivity index (χ0v) is 6.57. The smallest absolute Gasteiger partial charge is 0.0967 e. The van der Waals surface area contributed by atoms with Gasteiger partial charge in [0.15, 0.2) is 0 Å². The van der Waals surface area contributed by atoms with Gasteiger partial charge in [-0.1, -0.05) is 0 Å². The highest BCUT2D eigenvalue weighted by Gasteiger charge is 2.37. The number of aliphatic hydroxyl groups excluding tert-OH is 3. The first-order valence-corrected chi connectivity index (χ1v) is 3.90. The zero-order valence-electron chi connectivity index (χ0n) is 6.57. The lowest BCUT2D eigenvalue weighted by Crippen LogP contribution is -2.33. The number of hydrogen-bond donors (Lipinski definition) is 4. The third-order valence-electron chi connectivity index (χ3n) is 2.19. The summed E-state index contributed by atoms with van der Waals surface area (Å²) in [6, 6.07) is -0.244. The molecule has 4 atom stereocenters. The molecule has 1 fully saturated rings. The van der Waals surface area contributed by atoms with E-state index in [1.165, 1.54) is 0 Å². The molecular weight excluding hydrogens is 146 g/mol. The highest BCUT2D eigenvalue weighted by molar-refractivity contribution is 4.95. The molecule has 0 aromatic heterocycles. The maximum absolute atomic E-state index is 9.34. The van der Waals surface area contributed by atoms with Crippen molar-refractivity contribution < 1.29 is 15.3 Å². The minimum Gasteiger partial charge on any atom is -0.396 e. The average Bonchev–Trinajstić information content (AvgIpc) is 2.19. The molecule has 0 saturated carbocycles. The van der Waals surface area contributed by atoms with Crippen LogP contribution in [0, 0.1) is 0 Å². The normalized spacial score (nSPS) is 44.7. The average molecular weight is 161 g/mol. The molecule has 0 aliphatic carbocycles. The summed E-state index contributed by atoms with van der Waals surface area (Å²) in [6.07, 6.45) is -0.952. The van der Waals surface area contributed by atoms with E-state index in [1.807, 2.05) is 6.92 Å². The van der Waals surface area contributed by atoms with Gasteiger partial charge < -0.3 is 20.6 Å². The molecule has 0 spiro atoms. The van der Waals surface area contributed by atoms with Gasteiger partial charge in [-0.05, 0) is 13.3 Å². The van der Waals surface area contributed by atoms with Crippen molar-refractivity contribution in [3.05, 3.63) is 0 Å². The third-order valence-corrected chi connectivity index (χ3v) is 2.19. The fourth-order valence-corrected chi connectivity index (χ4v) is 1.46. The van der Waals surface area contributed by atoms with Crippen molar-refractivity contribution in [1.82, 2.24) is 5.32 Å². The number of rotatable bonds is 2. The second-order valence-corrected chi connectivity index (χ2v) is 3.06. The summed E-state index contributed by atoms with van der Waals surface area (Å²) < 4.78 is 0. The van der Waals surface area contributed by atoms with Crippen molar-refractivity contribution in [2.75, 3.05) is 6.61 Å². The van der Waals surface area contributed by atoms with E-state index in [4.69, 9.17) is 5.11 Å². The van der Waals surface area contributed by atoms with Gasteiger partial charge in [-0.15, -0.1) is 0 Å². The summed E-state index contributed by atoms with van der Waals surface area (Å²) in [4.78, 5) is 0. The Labute approximate surface area is 65.9 Å². The van der Waals surface area contributed by atoms with Crippen molar-refractivity contribution >= 4 is 0 Å². The van der Waals surface area contributed by atoms with Gasteiger partial charge >= 0.3 is 0 Å². The molecule has 0 unspecified atom stereocenters. The lowest BCUT2D eigenvalue weighted by molar-refractivity contribution is 0.0269. The number of hydrogen-bond acceptors (Lipinski definition) is 4. The molecule has 0 aromatic carbocycles. The van der Waals surface area contributed by atoms with Crippen molar-refractivity contribution in [2.24, 2.45) is 0 Å². The van der Waals surface area contributed by atoms with Gasteiger partial charge in [-0.25, -0.2) is 0 Å². The Balaban J connectivity index is 2.45. The molecule has 1 heterocycles. The maximum Gasteiger partial charge on any atom is 0.0967 e. The van der Waals surface area contributed by atoms with Crippen LogP contribution in [0.4, 0.5) is 0 Å². The van der Waals surface area contributed by atoms with Crippen molar-refractivity contribution in [2.45, 2.75) is 37.6 Å². The van der Waals surface area contributed by atoms with Crippen molar-refractivity contribution in [3.63, 3.8) is 0 Å². The molecule has 1 aliphatic heterocycles. The fourth-order valence-electron chi connectivity index (χ4n) is 1.46. The van der Waals surface area contributed by atoms with Crippen molar-refractivity contribution in [1.29, 1.82) is 0 Å². The lowest BCUT2D eigenvalue weighted by atomic mass is 10.1. The summed E-state index contributed by atoms with van der Waals surface area (Å²) in [5.74, 6) is 0. The van der Waals surface area contributed by atoms with E-state index in [1.54, 1.807) is 0 Å². The van der Waals surface area contributed by atoms with E-state index in [0.29, 0.717) is 6.42 Å². The monoisotopic (exact) mass is 161 g/mol. The Bertz CT molecular complexity index is 131. The van der Waals surface area contributed by atoms with E-state index >= 15 is 0 Å². The first-order valence-electron chi connectivity index (χ1n) is 3.90. The predicted molar refractivity (Wildman–Crippen MR) is 40.1 cm³/mol. The molecule has 0 aromatic rings. The number of aliphatic hydroxyl groups is 3. The van der Waals surface area contributed by atoms with E-state index in [-0.39, 0.29) is 18.7 Å². The molecule has 1 aliphatic rings. The minimum atomic E-state index is -0.739. The maximum atomic E-state index is 9.34. The molecule has 0 amide bonds.